The number of aliphatic hydroxyl groups is 1. The lowest BCUT2D eigenvalue weighted by Gasteiger charge is -2.22. The van der Waals surface area contributed by atoms with Gasteiger partial charge in [-0.05, 0) is 45.4 Å². The van der Waals surface area contributed by atoms with Crippen molar-refractivity contribution in [2.75, 3.05) is 17.7 Å². The molecule has 0 aliphatic carbocycles. The molecule has 1 aromatic rings. The molecule has 1 amide bonds. The number of hydrogen-bond donors (Lipinski definition) is 3. The molecule has 2 unspecified atom stereocenters. The van der Waals surface area contributed by atoms with Crippen LogP contribution in [0.25, 0.3) is 0 Å². The van der Waals surface area contributed by atoms with E-state index in [4.69, 9.17) is 16.3 Å². The van der Waals surface area contributed by atoms with Crippen LogP contribution >= 0.6 is 11.6 Å². The first-order valence-electron chi connectivity index (χ1n) is 7.28. The molecule has 22 heavy (non-hydrogen) atoms. The van der Waals surface area contributed by atoms with Crippen molar-refractivity contribution in [3.8, 4) is 0 Å². The molecule has 0 aliphatic rings. The summed E-state index contributed by atoms with van der Waals surface area (Å²) in [5.74, 6) is 0.184. The molecule has 0 saturated carbocycles. The number of alkyl carbamates (subject to hydrolysis) is 1. The van der Waals surface area contributed by atoms with Gasteiger partial charge in [-0.15, -0.1) is 11.6 Å². The first-order valence-corrected chi connectivity index (χ1v) is 7.82. The second-order valence-electron chi connectivity index (χ2n) is 6.18. The Kier molecular flexibility index (Phi) is 6.97. The number of aliphatic hydroxyl groups excluding tert-OH is 1. The summed E-state index contributed by atoms with van der Waals surface area (Å²) >= 11 is 5.56. The molecule has 5 nitrogen and oxygen atoms in total. The van der Waals surface area contributed by atoms with Crippen LogP contribution in [-0.4, -0.2) is 35.3 Å². The Morgan fingerprint density at radius 1 is 1.41 bits per heavy atom. The third-order valence-corrected chi connectivity index (χ3v) is 3.20. The largest absolute Gasteiger partial charge is 0.444 e. The van der Waals surface area contributed by atoms with E-state index in [1.807, 2.05) is 52.0 Å². The van der Waals surface area contributed by atoms with E-state index in [0.717, 1.165) is 11.3 Å². The van der Waals surface area contributed by atoms with Gasteiger partial charge in [0.2, 0.25) is 0 Å². The van der Waals surface area contributed by atoms with Crippen LogP contribution in [0.15, 0.2) is 24.3 Å². The van der Waals surface area contributed by atoms with E-state index in [1.54, 1.807) is 0 Å². The number of benzene rings is 1. The summed E-state index contributed by atoms with van der Waals surface area (Å²) in [6, 6.07) is 7.44. The summed E-state index contributed by atoms with van der Waals surface area (Å²) in [7, 11) is 0. The second kappa shape index (κ2) is 8.25. The molecule has 6 heteroatoms. The summed E-state index contributed by atoms with van der Waals surface area (Å²) in [6.45, 7) is 7.73. The highest BCUT2D eigenvalue weighted by atomic mass is 35.5. The second-order valence-corrected chi connectivity index (χ2v) is 6.49. The highest BCUT2D eigenvalue weighted by Crippen LogP contribution is 2.18. The third kappa shape index (κ3) is 7.00. The predicted octanol–water partition coefficient (Wildman–Crippen LogP) is 3.28. The Balaban J connectivity index is 2.62. The van der Waals surface area contributed by atoms with Crippen LogP contribution in [0.4, 0.5) is 10.5 Å². The monoisotopic (exact) mass is 328 g/mol. The molecule has 0 spiro atoms. The molecule has 1 rings (SSSR count). The van der Waals surface area contributed by atoms with Crippen molar-refractivity contribution in [2.45, 2.75) is 45.4 Å². The number of ether oxygens (including phenoxy) is 1. The van der Waals surface area contributed by atoms with Gasteiger partial charge in [0.05, 0.1) is 18.0 Å². The summed E-state index contributed by atoms with van der Waals surface area (Å²) in [5.41, 5.74) is 1.28. The topological polar surface area (TPSA) is 70.6 Å². The lowest BCUT2D eigenvalue weighted by atomic mass is 10.1. The minimum absolute atomic E-state index is 0.184. The lowest BCUT2D eigenvalue weighted by Crippen LogP contribution is -2.34. The fraction of sp³-hybridized carbons (Fsp3) is 0.562. The number of alkyl halides is 1. The maximum atomic E-state index is 11.8. The van der Waals surface area contributed by atoms with Gasteiger partial charge in [-0.1, -0.05) is 12.1 Å². The Morgan fingerprint density at radius 2 is 2.09 bits per heavy atom. The van der Waals surface area contributed by atoms with Crippen LogP contribution in [-0.2, 0) is 4.74 Å². The number of anilines is 1. The highest BCUT2D eigenvalue weighted by Gasteiger charge is 2.18. The van der Waals surface area contributed by atoms with Crippen molar-refractivity contribution in [1.82, 2.24) is 5.32 Å². The number of rotatable bonds is 6. The summed E-state index contributed by atoms with van der Waals surface area (Å²) in [5, 5.41) is 15.4. The van der Waals surface area contributed by atoms with Gasteiger partial charge in [0.15, 0.2) is 0 Å². The molecule has 1 aromatic carbocycles. The predicted molar refractivity (Wildman–Crippen MR) is 89.4 cm³/mol. The Bertz CT molecular complexity index is 489. The first-order chi connectivity index (χ1) is 10.2. The zero-order valence-electron chi connectivity index (χ0n) is 13.5. The van der Waals surface area contributed by atoms with Crippen molar-refractivity contribution < 1.29 is 14.6 Å². The number of amides is 1. The molecule has 0 fully saturated rings. The van der Waals surface area contributed by atoms with Crippen LogP contribution in [0.2, 0.25) is 0 Å². The maximum Gasteiger partial charge on any atom is 0.408 e. The fourth-order valence-corrected chi connectivity index (χ4v) is 1.88. The van der Waals surface area contributed by atoms with Crippen LogP contribution in [0.3, 0.4) is 0 Å². The zero-order valence-corrected chi connectivity index (χ0v) is 14.3. The molecule has 0 saturated heterocycles. The molecule has 0 bridgehead atoms. The highest BCUT2D eigenvalue weighted by molar-refractivity contribution is 6.18. The van der Waals surface area contributed by atoms with Crippen LogP contribution in [0.1, 0.15) is 39.3 Å². The van der Waals surface area contributed by atoms with E-state index >= 15 is 0 Å². The number of hydrogen-bond acceptors (Lipinski definition) is 4. The van der Waals surface area contributed by atoms with Gasteiger partial charge in [0.25, 0.3) is 0 Å². The maximum absolute atomic E-state index is 11.8. The molecule has 0 aliphatic heterocycles. The smallest absolute Gasteiger partial charge is 0.408 e. The quantitative estimate of drug-likeness (QED) is 0.701. The van der Waals surface area contributed by atoms with Gasteiger partial charge in [0.1, 0.15) is 5.60 Å². The van der Waals surface area contributed by atoms with Crippen LogP contribution in [0.5, 0.6) is 0 Å². The average molecular weight is 329 g/mol. The standard InChI is InChI=1S/C16H25ClN2O3/c1-11(19-15(21)22-16(2,3)4)12-6-5-7-13(8-12)18-10-14(20)9-17/h5-8,11,14,18,20H,9-10H2,1-4H3,(H,19,21). The van der Waals surface area contributed by atoms with Gasteiger partial charge in [-0.25, -0.2) is 4.79 Å². The van der Waals surface area contributed by atoms with Gasteiger partial charge in [0, 0.05) is 12.2 Å². The molecule has 2 atom stereocenters. The van der Waals surface area contributed by atoms with Crippen molar-refractivity contribution in [3.63, 3.8) is 0 Å². The summed E-state index contributed by atoms with van der Waals surface area (Å²) in [6.07, 6.45) is -1.04. The Labute approximate surface area is 137 Å². The third-order valence-electron chi connectivity index (χ3n) is 2.84. The van der Waals surface area contributed by atoms with Crippen LogP contribution < -0.4 is 10.6 Å². The molecular weight excluding hydrogens is 304 g/mol. The van der Waals surface area contributed by atoms with Gasteiger partial charge >= 0.3 is 6.09 Å². The minimum atomic E-state index is -0.595. The lowest BCUT2D eigenvalue weighted by molar-refractivity contribution is 0.0508. The number of nitrogens with one attached hydrogen (secondary N) is 2. The molecule has 0 radical (unpaired) electrons. The first kappa shape index (κ1) is 18.6. The minimum Gasteiger partial charge on any atom is -0.444 e. The van der Waals surface area contributed by atoms with E-state index in [9.17, 15) is 9.90 Å². The number of halogens is 1. The Hall–Kier alpha value is -1.46. The molecule has 0 heterocycles. The van der Waals surface area contributed by atoms with Crippen molar-refractivity contribution in [3.05, 3.63) is 29.8 Å². The van der Waals surface area contributed by atoms with Gasteiger partial charge < -0.3 is 20.5 Å². The SMILES string of the molecule is CC(NC(=O)OC(C)(C)C)c1cccc(NCC(O)CCl)c1. The van der Waals surface area contributed by atoms with E-state index in [2.05, 4.69) is 10.6 Å². The molecule has 124 valence electrons. The van der Waals surface area contributed by atoms with Crippen molar-refractivity contribution in [2.24, 2.45) is 0 Å². The summed E-state index contributed by atoms with van der Waals surface area (Å²) < 4.78 is 5.24. The van der Waals surface area contributed by atoms with E-state index in [-0.39, 0.29) is 11.9 Å². The van der Waals surface area contributed by atoms with Crippen molar-refractivity contribution >= 4 is 23.4 Å². The Morgan fingerprint density at radius 3 is 2.68 bits per heavy atom. The van der Waals surface area contributed by atoms with E-state index in [0.29, 0.717) is 6.54 Å². The van der Waals surface area contributed by atoms with Gasteiger partial charge in [-0.3, -0.25) is 0 Å². The zero-order chi connectivity index (χ0) is 16.8. The number of carbonyl (C=O) groups excluding carboxylic acids is 1. The molecular formula is C16H25ClN2O3. The normalized spacial score (nSPS) is 14.1. The van der Waals surface area contributed by atoms with Crippen LogP contribution in [0, 0.1) is 0 Å². The molecule has 0 aromatic heterocycles. The summed E-state index contributed by atoms with van der Waals surface area (Å²) in [4.78, 5) is 11.8. The molecule has 3 N–H and O–H groups in total. The number of carbonyl (C=O) groups is 1. The average Bonchev–Trinajstić information content (AvgIpc) is 2.42. The van der Waals surface area contributed by atoms with Gasteiger partial charge in [-0.2, -0.15) is 0 Å². The van der Waals surface area contributed by atoms with E-state index < -0.39 is 17.8 Å². The van der Waals surface area contributed by atoms with E-state index in [1.165, 1.54) is 0 Å². The van der Waals surface area contributed by atoms with Crippen molar-refractivity contribution in [1.29, 1.82) is 0 Å². The fourth-order valence-electron chi connectivity index (χ4n) is 1.78.